The topological polar surface area (TPSA) is 43.1 Å². The van der Waals surface area contributed by atoms with E-state index in [4.69, 9.17) is 5.73 Å². The van der Waals surface area contributed by atoms with Crippen LogP contribution in [0.2, 0.25) is 0 Å². The average molecular weight is 197 g/mol. The lowest BCUT2D eigenvalue weighted by molar-refractivity contribution is -0.124. The van der Waals surface area contributed by atoms with Gasteiger partial charge in [0.1, 0.15) is 0 Å². The lowest BCUT2D eigenvalue weighted by Crippen LogP contribution is -2.42. The molecule has 1 fully saturated rings. The molecule has 1 aliphatic rings. The van der Waals surface area contributed by atoms with E-state index in [1.54, 1.807) is 0 Å². The third-order valence-electron chi connectivity index (χ3n) is 3.24. The maximum Gasteiger partial charge on any atom is 0.152 e. The number of hydrogen-bond donors (Lipinski definition) is 1. The minimum absolute atomic E-state index is 0.219. The summed E-state index contributed by atoms with van der Waals surface area (Å²) in [5.74, 6) is 1.60. The molecule has 0 bridgehead atoms. The first-order valence-corrected chi connectivity index (χ1v) is 5.71. The zero-order chi connectivity index (χ0) is 10.8. The first-order valence-electron chi connectivity index (χ1n) is 5.71. The molecule has 1 rings (SSSR count). The molecule has 1 aliphatic carbocycles. The summed E-state index contributed by atoms with van der Waals surface area (Å²) < 4.78 is 0. The van der Waals surface area contributed by atoms with Crippen LogP contribution in [0.15, 0.2) is 0 Å². The Labute approximate surface area is 87.2 Å². The number of rotatable bonds is 3. The van der Waals surface area contributed by atoms with E-state index >= 15 is 0 Å². The van der Waals surface area contributed by atoms with Gasteiger partial charge in [-0.05, 0) is 32.1 Å². The van der Waals surface area contributed by atoms with E-state index in [9.17, 15) is 4.79 Å². The number of nitrogens with two attached hydrogens (primary N) is 1. The number of ketones is 1. The van der Waals surface area contributed by atoms with Crippen molar-refractivity contribution in [1.82, 2.24) is 0 Å². The number of carbonyl (C=O) groups excluding carboxylic acids is 1. The third kappa shape index (κ3) is 3.41. The quantitative estimate of drug-likeness (QED) is 0.755. The molecule has 2 atom stereocenters. The van der Waals surface area contributed by atoms with Gasteiger partial charge in [-0.2, -0.15) is 0 Å². The van der Waals surface area contributed by atoms with Gasteiger partial charge in [0, 0.05) is 6.42 Å². The predicted molar refractivity (Wildman–Crippen MR) is 59.0 cm³/mol. The Morgan fingerprint density at radius 3 is 2.57 bits per heavy atom. The molecule has 0 radical (unpaired) electrons. The van der Waals surface area contributed by atoms with Gasteiger partial charge in [0.2, 0.25) is 0 Å². The molecule has 0 spiro atoms. The third-order valence-corrected chi connectivity index (χ3v) is 3.24. The van der Waals surface area contributed by atoms with E-state index in [0.29, 0.717) is 12.3 Å². The van der Waals surface area contributed by atoms with Gasteiger partial charge >= 0.3 is 0 Å². The van der Waals surface area contributed by atoms with Crippen molar-refractivity contribution in [3.8, 4) is 0 Å². The summed E-state index contributed by atoms with van der Waals surface area (Å²) in [6.45, 7) is 5.90. The van der Waals surface area contributed by atoms with Crippen LogP contribution < -0.4 is 5.73 Å². The lowest BCUT2D eigenvalue weighted by atomic mass is 9.78. The zero-order valence-corrected chi connectivity index (χ0v) is 9.68. The SMILES string of the molecule is CC1CCCC(CC(=O)C(C)(C)N)C1. The van der Waals surface area contributed by atoms with Crippen molar-refractivity contribution in [2.45, 2.75) is 58.4 Å². The van der Waals surface area contributed by atoms with E-state index in [1.165, 1.54) is 25.7 Å². The molecule has 0 amide bonds. The fourth-order valence-corrected chi connectivity index (χ4v) is 2.27. The Bertz CT molecular complexity index is 205. The van der Waals surface area contributed by atoms with Crippen molar-refractivity contribution >= 4 is 5.78 Å². The fraction of sp³-hybridized carbons (Fsp3) is 0.917. The highest BCUT2D eigenvalue weighted by Gasteiger charge is 2.27. The maximum absolute atomic E-state index is 11.7. The van der Waals surface area contributed by atoms with Gasteiger partial charge in [0.15, 0.2) is 5.78 Å². The monoisotopic (exact) mass is 197 g/mol. The van der Waals surface area contributed by atoms with Crippen molar-refractivity contribution in [3.05, 3.63) is 0 Å². The van der Waals surface area contributed by atoms with Gasteiger partial charge < -0.3 is 5.73 Å². The molecule has 2 nitrogen and oxygen atoms in total. The first-order chi connectivity index (χ1) is 6.39. The van der Waals surface area contributed by atoms with Crippen molar-refractivity contribution in [2.24, 2.45) is 17.6 Å². The molecule has 1 saturated carbocycles. The normalized spacial score (nSPS) is 28.9. The first kappa shape index (κ1) is 11.7. The highest BCUT2D eigenvalue weighted by Crippen LogP contribution is 2.31. The minimum Gasteiger partial charge on any atom is -0.319 e. The summed E-state index contributed by atoms with van der Waals surface area (Å²) in [7, 11) is 0. The smallest absolute Gasteiger partial charge is 0.152 e. The Hall–Kier alpha value is -0.370. The van der Waals surface area contributed by atoms with Crippen LogP contribution in [0.4, 0.5) is 0 Å². The summed E-state index contributed by atoms with van der Waals surface area (Å²) in [6.07, 6.45) is 5.72. The van der Waals surface area contributed by atoms with Crippen LogP contribution >= 0.6 is 0 Å². The zero-order valence-electron chi connectivity index (χ0n) is 9.68. The second-order valence-electron chi connectivity index (χ2n) is 5.49. The van der Waals surface area contributed by atoms with Gasteiger partial charge in [0.25, 0.3) is 0 Å². The molecular formula is C12H23NO. The van der Waals surface area contributed by atoms with Crippen LogP contribution in [-0.4, -0.2) is 11.3 Å². The predicted octanol–water partition coefficient (Wildman–Crippen LogP) is 2.51. The second-order valence-corrected chi connectivity index (χ2v) is 5.49. The largest absolute Gasteiger partial charge is 0.319 e. The van der Waals surface area contributed by atoms with Crippen molar-refractivity contribution in [3.63, 3.8) is 0 Å². The molecule has 82 valence electrons. The van der Waals surface area contributed by atoms with E-state index < -0.39 is 5.54 Å². The van der Waals surface area contributed by atoms with Gasteiger partial charge in [-0.3, -0.25) is 4.79 Å². The maximum atomic E-state index is 11.7. The average Bonchev–Trinajstić information content (AvgIpc) is 2.02. The summed E-state index contributed by atoms with van der Waals surface area (Å²) in [4.78, 5) is 11.7. The van der Waals surface area contributed by atoms with Crippen LogP contribution in [0.1, 0.15) is 52.9 Å². The van der Waals surface area contributed by atoms with Crippen molar-refractivity contribution in [1.29, 1.82) is 0 Å². The van der Waals surface area contributed by atoms with E-state index in [-0.39, 0.29) is 5.78 Å². The minimum atomic E-state index is -0.638. The Balaban J connectivity index is 2.40. The lowest BCUT2D eigenvalue weighted by Gasteiger charge is -2.28. The van der Waals surface area contributed by atoms with Crippen LogP contribution in [-0.2, 0) is 4.79 Å². The van der Waals surface area contributed by atoms with E-state index in [2.05, 4.69) is 6.92 Å². The molecule has 0 aromatic heterocycles. The van der Waals surface area contributed by atoms with Crippen molar-refractivity contribution < 1.29 is 4.79 Å². The number of hydrogen-bond acceptors (Lipinski definition) is 2. The molecule has 0 aromatic rings. The Morgan fingerprint density at radius 2 is 2.07 bits per heavy atom. The number of carbonyl (C=O) groups is 1. The van der Waals surface area contributed by atoms with Crippen LogP contribution in [0, 0.1) is 11.8 Å². The molecular weight excluding hydrogens is 174 g/mol. The molecule has 0 heterocycles. The van der Waals surface area contributed by atoms with Crippen LogP contribution in [0.3, 0.4) is 0 Å². The molecule has 2 heteroatoms. The van der Waals surface area contributed by atoms with Gasteiger partial charge in [-0.1, -0.05) is 26.2 Å². The van der Waals surface area contributed by atoms with Gasteiger partial charge in [-0.25, -0.2) is 0 Å². The molecule has 0 aromatic carbocycles. The highest BCUT2D eigenvalue weighted by molar-refractivity contribution is 5.87. The fourth-order valence-electron chi connectivity index (χ4n) is 2.27. The molecule has 2 unspecified atom stereocenters. The molecule has 0 saturated heterocycles. The van der Waals surface area contributed by atoms with Gasteiger partial charge in [-0.15, -0.1) is 0 Å². The van der Waals surface area contributed by atoms with Crippen LogP contribution in [0.5, 0.6) is 0 Å². The highest BCUT2D eigenvalue weighted by atomic mass is 16.1. The molecule has 0 aliphatic heterocycles. The Morgan fingerprint density at radius 1 is 1.43 bits per heavy atom. The molecule has 14 heavy (non-hydrogen) atoms. The number of Topliss-reactive ketones (excluding diaryl/α,β-unsaturated/α-hetero) is 1. The van der Waals surface area contributed by atoms with E-state index in [0.717, 1.165) is 5.92 Å². The van der Waals surface area contributed by atoms with E-state index in [1.807, 2.05) is 13.8 Å². The van der Waals surface area contributed by atoms with Crippen LogP contribution in [0.25, 0.3) is 0 Å². The Kier molecular flexibility index (Phi) is 3.71. The summed E-state index contributed by atoms with van der Waals surface area (Å²) >= 11 is 0. The van der Waals surface area contributed by atoms with Crippen molar-refractivity contribution in [2.75, 3.05) is 0 Å². The standard InChI is InChI=1S/C12H23NO/c1-9-5-4-6-10(7-9)8-11(14)12(2,3)13/h9-10H,4-8,13H2,1-3H3. The van der Waals surface area contributed by atoms with Gasteiger partial charge in [0.05, 0.1) is 5.54 Å². The summed E-state index contributed by atoms with van der Waals surface area (Å²) in [6, 6.07) is 0. The second kappa shape index (κ2) is 4.43. The summed E-state index contributed by atoms with van der Waals surface area (Å²) in [5, 5.41) is 0. The molecule has 2 N–H and O–H groups in total. The summed E-state index contributed by atoms with van der Waals surface area (Å²) in [5.41, 5.74) is 5.14.